The second-order valence-corrected chi connectivity index (χ2v) is 9.57. The lowest BCUT2D eigenvalue weighted by molar-refractivity contribution is 0.510. The maximum absolute atomic E-state index is 6.54. The number of thiophene rings is 2. The molecule has 0 unspecified atom stereocenters. The van der Waals surface area contributed by atoms with Gasteiger partial charge in [0.2, 0.25) is 0 Å². The van der Waals surface area contributed by atoms with E-state index < -0.39 is 0 Å². The van der Waals surface area contributed by atoms with E-state index >= 15 is 0 Å². The Morgan fingerprint density at radius 3 is 2.96 bits per heavy atom. The highest BCUT2D eigenvalue weighted by Gasteiger charge is 2.27. The first-order valence-corrected chi connectivity index (χ1v) is 11.3. The first-order valence-electron chi connectivity index (χ1n) is 9.25. The molecule has 0 spiro atoms. The smallest absolute Gasteiger partial charge is 0.131 e. The van der Waals surface area contributed by atoms with E-state index in [9.17, 15) is 0 Å². The van der Waals surface area contributed by atoms with Crippen molar-refractivity contribution in [1.29, 1.82) is 0 Å². The van der Waals surface area contributed by atoms with E-state index in [-0.39, 0.29) is 6.04 Å². The minimum atomic E-state index is 0.252. The maximum Gasteiger partial charge on any atom is 0.131 e. The lowest BCUT2D eigenvalue weighted by atomic mass is 9.92. The molecule has 1 saturated carbocycles. The van der Waals surface area contributed by atoms with E-state index in [4.69, 9.17) is 17.3 Å². The summed E-state index contributed by atoms with van der Waals surface area (Å²) in [7, 11) is 0. The molecule has 0 aromatic carbocycles. The highest BCUT2D eigenvalue weighted by molar-refractivity contribution is 7.20. The molecule has 3 N–H and O–H groups in total. The molecule has 0 aliphatic heterocycles. The number of anilines is 1. The van der Waals surface area contributed by atoms with E-state index in [0.717, 1.165) is 24.2 Å². The molecule has 3 aromatic rings. The second-order valence-electron chi connectivity index (χ2n) is 7.10. The fourth-order valence-corrected chi connectivity index (χ4v) is 6.19. The molecule has 3 nitrogen and oxygen atoms in total. The van der Waals surface area contributed by atoms with Gasteiger partial charge < -0.3 is 11.1 Å². The summed E-state index contributed by atoms with van der Waals surface area (Å²) in [6, 6.07) is 6.43. The van der Waals surface area contributed by atoms with Crippen LogP contribution in [-0.2, 0) is 6.54 Å². The third-order valence-corrected chi connectivity index (χ3v) is 7.83. The Kier molecular flexibility index (Phi) is 5.50. The van der Waals surface area contributed by atoms with Gasteiger partial charge in [-0.2, -0.15) is 0 Å². The summed E-state index contributed by atoms with van der Waals surface area (Å²) in [4.78, 5) is 7.36. The van der Waals surface area contributed by atoms with Crippen LogP contribution in [0.4, 0.5) is 5.69 Å². The molecule has 1 aliphatic rings. The van der Waals surface area contributed by atoms with Crippen molar-refractivity contribution in [2.75, 3.05) is 5.32 Å². The Hall–Kier alpha value is -1.14. The standard InChI is InChI=1S/C20H24ClN3S2/c1-12-18-20(26-19(12)14-7-3-2-4-8-15(14)22)16(10-17(21)24-18)23-11-13-6-5-9-25-13/h5-6,9-10,14-15H,2-4,7-8,11,22H2,1H3,(H,23,24)/t14-,15+/m0/s1. The van der Waals surface area contributed by atoms with Gasteiger partial charge in [0.05, 0.1) is 15.9 Å². The summed E-state index contributed by atoms with van der Waals surface area (Å²) >= 11 is 9.95. The second kappa shape index (κ2) is 7.85. The Morgan fingerprint density at radius 1 is 1.31 bits per heavy atom. The summed E-state index contributed by atoms with van der Waals surface area (Å²) in [5, 5.41) is 6.21. The van der Waals surface area contributed by atoms with Crippen LogP contribution in [0.5, 0.6) is 0 Å². The molecule has 0 radical (unpaired) electrons. The molecule has 26 heavy (non-hydrogen) atoms. The summed E-state index contributed by atoms with van der Waals surface area (Å²) < 4.78 is 1.20. The van der Waals surface area contributed by atoms with Gasteiger partial charge >= 0.3 is 0 Å². The fourth-order valence-electron chi connectivity index (χ4n) is 3.91. The number of rotatable bonds is 4. The van der Waals surface area contributed by atoms with Crippen molar-refractivity contribution in [3.05, 3.63) is 44.1 Å². The SMILES string of the molecule is Cc1c([C@H]2CCCCC[C@H]2N)sc2c(NCc3cccs3)cc(Cl)nc12. The van der Waals surface area contributed by atoms with Crippen molar-refractivity contribution in [3.63, 3.8) is 0 Å². The Morgan fingerprint density at radius 2 is 2.15 bits per heavy atom. The van der Waals surface area contributed by atoms with E-state index in [1.54, 1.807) is 11.3 Å². The van der Waals surface area contributed by atoms with Gasteiger partial charge in [-0.25, -0.2) is 4.98 Å². The van der Waals surface area contributed by atoms with Crippen LogP contribution < -0.4 is 11.1 Å². The number of halogens is 1. The summed E-state index contributed by atoms with van der Waals surface area (Å²) in [6.45, 7) is 2.99. The molecule has 0 saturated heterocycles. The van der Waals surface area contributed by atoms with E-state index in [1.165, 1.54) is 45.7 Å². The Labute approximate surface area is 167 Å². The maximum atomic E-state index is 6.54. The molecular weight excluding hydrogens is 382 g/mol. The number of nitrogens with two attached hydrogens (primary N) is 1. The van der Waals surface area contributed by atoms with E-state index in [2.05, 4.69) is 34.7 Å². The van der Waals surface area contributed by atoms with E-state index in [1.807, 2.05) is 17.4 Å². The summed E-state index contributed by atoms with van der Waals surface area (Å²) in [6.07, 6.45) is 6.12. The molecule has 3 heterocycles. The molecule has 138 valence electrons. The molecule has 0 amide bonds. The predicted octanol–water partition coefficient (Wildman–Crippen LogP) is 6.31. The Balaban J connectivity index is 1.72. The topological polar surface area (TPSA) is 50.9 Å². The average molecular weight is 406 g/mol. The van der Waals surface area contributed by atoms with Crippen molar-refractivity contribution < 1.29 is 0 Å². The number of nitrogens with zero attached hydrogens (tertiary/aromatic N) is 1. The highest BCUT2D eigenvalue weighted by Crippen LogP contribution is 2.43. The number of hydrogen-bond acceptors (Lipinski definition) is 5. The van der Waals surface area contributed by atoms with Crippen LogP contribution in [0.15, 0.2) is 23.6 Å². The van der Waals surface area contributed by atoms with Crippen molar-refractivity contribution in [2.45, 2.75) is 57.5 Å². The predicted molar refractivity (Wildman–Crippen MR) is 115 cm³/mol. The van der Waals surface area contributed by atoms with Gasteiger partial charge in [-0.15, -0.1) is 22.7 Å². The summed E-state index contributed by atoms with van der Waals surface area (Å²) in [5.74, 6) is 0.445. The van der Waals surface area contributed by atoms with Gasteiger partial charge in [0.25, 0.3) is 0 Å². The largest absolute Gasteiger partial charge is 0.379 e. The van der Waals surface area contributed by atoms with Crippen LogP contribution in [-0.4, -0.2) is 11.0 Å². The molecule has 1 aliphatic carbocycles. The normalized spacial score (nSPS) is 21.0. The fraction of sp³-hybridized carbons (Fsp3) is 0.450. The minimum absolute atomic E-state index is 0.252. The number of nitrogens with one attached hydrogen (secondary N) is 1. The zero-order chi connectivity index (χ0) is 18.1. The van der Waals surface area contributed by atoms with Gasteiger partial charge in [-0.3, -0.25) is 0 Å². The molecule has 3 aromatic heterocycles. The van der Waals surface area contributed by atoms with Crippen molar-refractivity contribution in [1.82, 2.24) is 4.98 Å². The van der Waals surface area contributed by atoms with Crippen LogP contribution in [0, 0.1) is 6.92 Å². The van der Waals surface area contributed by atoms with Crippen LogP contribution in [0.3, 0.4) is 0 Å². The third kappa shape index (κ3) is 3.63. The number of fused-ring (bicyclic) bond motifs is 1. The third-order valence-electron chi connectivity index (χ3n) is 5.32. The monoisotopic (exact) mass is 405 g/mol. The lowest BCUT2D eigenvalue weighted by Gasteiger charge is -2.20. The van der Waals surface area contributed by atoms with Gasteiger partial charge in [-0.1, -0.05) is 36.9 Å². The first-order chi connectivity index (χ1) is 12.6. The van der Waals surface area contributed by atoms with Crippen molar-refractivity contribution >= 4 is 50.2 Å². The number of aromatic nitrogens is 1. The van der Waals surface area contributed by atoms with Gasteiger partial charge in [0.15, 0.2) is 0 Å². The van der Waals surface area contributed by atoms with Crippen molar-refractivity contribution in [2.24, 2.45) is 5.73 Å². The minimum Gasteiger partial charge on any atom is -0.379 e. The molecule has 2 atom stereocenters. The van der Waals surface area contributed by atoms with Crippen LogP contribution in [0.25, 0.3) is 10.2 Å². The van der Waals surface area contributed by atoms with Crippen LogP contribution in [0.1, 0.15) is 53.3 Å². The molecule has 4 rings (SSSR count). The van der Waals surface area contributed by atoms with Crippen molar-refractivity contribution in [3.8, 4) is 0 Å². The van der Waals surface area contributed by atoms with Gasteiger partial charge in [0, 0.05) is 34.3 Å². The molecular formula is C20H24ClN3S2. The number of hydrogen-bond donors (Lipinski definition) is 2. The van der Waals surface area contributed by atoms with Gasteiger partial charge in [-0.05, 0) is 36.8 Å². The zero-order valence-electron chi connectivity index (χ0n) is 14.9. The van der Waals surface area contributed by atoms with Crippen LogP contribution >= 0.6 is 34.3 Å². The van der Waals surface area contributed by atoms with Gasteiger partial charge in [0.1, 0.15) is 5.15 Å². The molecule has 6 heteroatoms. The molecule has 0 bridgehead atoms. The molecule has 1 fully saturated rings. The Bertz CT molecular complexity index is 888. The number of aryl methyl sites for hydroxylation is 1. The lowest BCUT2D eigenvalue weighted by Crippen LogP contribution is -2.27. The van der Waals surface area contributed by atoms with Crippen LogP contribution in [0.2, 0.25) is 5.15 Å². The first kappa shape index (κ1) is 18.2. The summed E-state index contributed by atoms with van der Waals surface area (Å²) in [5.41, 5.74) is 9.91. The number of pyridine rings is 1. The zero-order valence-corrected chi connectivity index (χ0v) is 17.3. The quantitative estimate of drug-likeness (QED) is 0.395. The van der Waals surface area contributed by atoms with E-state index in [0.29, 0.717) is 11.1 Å². The average Bonchev–Trinajstić information content (AvgIpc) is 3.19. The highest BCUT2D eigenvalue weighted by atomic mass is 35.5.